The molecule has 2 N–H and O–H groups in total. The van der Waals surface area contributed by atoms with E-state index in [1.54, 1.807) is 4.90 Å². The Morgan fingerprint density at radius 2 is 2.14 bits per heavy atom. The maximum Gasteiger partial charge on any atom is 0.226 e. The third-order valence-corrected chi connectivity index (χ3v) is 3.33. The number of nitrogens with zero attached hydrogens (tertiary/aromatic N) is 1. The van der Waals surface area contributed by atoms with Crippen molar-refractivity contribution in [3.05, 3.63) is 0 Å². The topological polar surface area (TPSA) is 46.3 Å². The maximum atomic E-state index is 11.9. The number of carbonyl (C=O) groups is 1. The zero-order valence-electron chi connectivity index (χ0n) is 9.49. The second-order valence-corrected chi connectivity index (χ2v) is 4.54. The highest BCUT2D eigenvalue weighted by molar-refractivity contribution is 5.79. The molecular formula is C11H22N2O. The minimum atomic E-state index is 0.0590. The van der Waals surface area contributed by atoms with E-state index in [1.807, 2.05) is 14.0 Å². The maximum absolute atomic E-state index is 11.9. The quantitative estimate of drug-likeness (QED) is 0.725. The van der Waals surface area contributed by atoms with E-state index in [4.69, 9.17) is 5.73 Å². The predicted octanol–water partition coefficient (Wildman–Crippen LogP) is 1.23. The fraction of sp³-hybridized carbons (Fsp3) is 0.909. The van der Waals surface area contributed by atoms with Crippen LogP contribution in [-0.4, -0.2) is 30.4 Å². The molecule has 3 nitrogen and oxygen atoms in total. The molecule has 3 unspecified atom stereocenters. The average molecular weight is 198 g/mol. The van der Waals surface area contributed by atoms with E-state index in [-0.39, 0.29) is 17.9 Å². The summed E-state index contributed by atoms with van der Waals surface area (Å²) in [6, 6.07) is 0.0766. The van der Waals surface area contributed by atoms with Gasteiger partial charge in [-0.1, -0.05) is 6.92 Å². The predicted molar refractivity (Wildman–Crippen MR) is 57.8 cm³/mol. The normalized spacial score (nSPS) is 32.7. The Balaban J connectivity index is 2.60. The van der Waals surface area contributed by atoms with Crippen LogP contribution < -0.4 is 5.73 Å². The van der Waals surface area contributed by atoms with Gasteiger partial charge in [-0.15, -0.1) is 0 Å². The van der Waals surface area contributed by atoms with Crippen LogP contribution in [0.3, 0.4) is 0 Å². The van der Waals surface area contributed by atoms with Crippen LogP contribution in [-0.2, 0) is 4.79 Å². The second-order valence-electron chi connectivity index (χ2n) is 4.54. The number of amides is 1. The van der Waals surface area contributed by atoms with Gasteiger partial charge in [-0.3, -0.25) is 4.79 Å². The Morgan fingerprint density at radius 3 is 2.71 bits per heavy atom. The van der Waals surface area contributed by atoms with Crippen LogP contribution in [0.2, 0.25) is 0 Å². The van der Waals surface area contributed by atoms with Crippen LogP contribution in [0, 0.1) is 11.8 Å². The Labute approximate surface area is 86.6 Å². The van der Waals surface area contributed by atoms with Crippen molar-refractivity contribution < 1.29 is 4.79 Å². The molecule has 0 heterocycles. The van der Waals surface area contributed by atoms with Crippen molar-refractivity contribution in [3.8, 4) is 0 Å². The zero-order valence-corrected chi connectivity index (χ0v) is 9.49. The zero-order chi connectivity index (χ0) is 10.7. The summed E-state index contributed by atoms with van der Waals surface area (Å²) in [7, 11) is 1.86. The van der Waals surface area contributed by atoms with Gasteiger partial charge in [-0.2, -0.15) is 0 Å². The van der Waals surface area contributed by atoms with Crippen molar-refractivity contribution >= 4 is 5.91 Å². The molecule has 0 aliphatic heterocycles. The van der Waals surface area contributed by atoms with E-state index in [0.717, 1.165) is 19.4 Å². The lowest BCUT2D eigenvalue weighted by molar-refractivity contribution is -0.136. The van der Waals surface area contributed by atoms with Gasteiger partial charge in [0.25, 0.3) is 0 Å². The molecule has 82 valence electrons. The molecule has 0 radical (unpaired) electrons. The van der Waals surface area contributed by atoms with Crippen molar-refractivity contribution in [2.24, 2.45) is 17.6 Å². The molecule has 3 atom stereocenters. The molecule has 1 rings (SSSR count). The lowest BCUT2D eigenvalue weighted by atomic mass is 9.78. The standard InChI is InChI=1S/C11H22N2O/c1-4-13(3)11(14)9-7-8(2)5-6-10(9)12/h8-10H,4-7,12H2,1-3H3. The number of hydrogen-bond acceptors (Lipinski definition) is 2. The Kier molecular flexibility index (Phi) is 3.93. The van der Waals surface area contributed by atoms with Gasteiger partial charge in [0.2, 0.25) is 5.91 Å². The van der Waals surface area contributed by atoms with E-state index in [9.17, 15) is 4.79 Å². The van der Waals surface area contributed by atoms with E-state index < -0.39 is 0 Å². The fourth-order valence-electron chi connectivity index (χ4n) is 2.13. The molecular weight excluding hydrogens is 176 g/mol. The molecule has 0 spiro atoms. The van der Waals surface area contributed by atoms with Gasteiger partial charge < -0.3 is 10.6 Å². The third-order valence-electron chi connectivity index (χ3n) is 3.33. The van der Waals surface area contributed by atoms with Crippen LogP contribution in [0.5, 0.6) is 0 Å². The fourth-order valence-corrected chi connectivity index (χ4v) is 2.13. The van der Waals surface area contributed by atoms with Gasteiger partial charge in [0.1, 0.15) is 0 Å². The van der Waals surface area contributed by atoms with E-state index in [1.165, 1.54) is 6.42 Å². The Bertz CT molecular complexity index is 205. The summed E-state index contributed by atoms with van der Waals surface area (Å²) in [5.41, 5.74) is 5.99. The number of hydrogen-bond donors (Lipinski definition) is 1. The molecule has 0 bridgehead atoms. The lowest BCUT2D eigenvalue weighted by Crippen LogP contribution is -2.45. The van der Waals surface area contributed by atoms with Crippen molar-refractivity contribution in [1.82, 2.24) is 4.90 Å². The van der Waals surface area contributed by atoms with Crippen LogP contribution >= 0.6 is 0 Å². The third kappa shape index (κ3) is 2.47. The summed E-state index contributed by atoms with van der Waals surface area (Å²) in [5.74, 6) is 0.934. The van der Waals surface area contributed by atoms with Gasteiger partial charge in [-0.25, -0.2) is 0 Å². The summed E-state index contributed by atoms with van der Waals surface area (Å²) in [6.07, 6.45) is 3.13. The van der Waals surface area contributed by atoms with Crippen LogP contribution in [0.25, 0.3) is 0 Å². The molecule has 0 aromatic carbocycles. The van der Waals surface area contributed by atoms with Crippen molar-refractivity contribution in [2.75, 3.05) is 13.6 Å². The minimum absolute atomic E-state index is 0.0590. The number of nitrogens with two attached hydrogens (primary N) is 1. The lowest BCUT2D eigenvalue weighted by Gasteiger charge is -2.33. The van der Waals surface area contributed by atoms with Crippen molar-refractivity contribution in [3.63, 3.8) is 0 Å². The molecule has 14 heavy (non-hydrogen) atoms. The van der Waals surface area contributed by atoms with Crippen LogP contribution in [0.15, 0.2) is 0 Å². The second kappa shape index (κ2) is 4.78. The Hall–Kier alpha value is -0.570. The largest absolute Gasteiger partial charge is 0.346 e. The van der Waals surface area contributed by atoms with Crippen LogP contribution in [0.1, 0.15) is 33.1 Å². The number of rotatable bonds is 2. The van der Waals surface area contributed by atoms with Gasteiger partial charge >= 0.3 is 0 Å². The molecule has 0 aromatic rings. The highest BCUT2D eigenvalue weighted by Gasteiger charge is 2.32. The molecule has 1 aliphatic rings. The molecule has 1 saturated carbocycles. The molecule has 1 aliphatic carbocycles. The molecule has 0 aromatic heterocycles. The first-order valence-electron chi connectivity index (χ1n) is 5.56. The van der Waals surface area contributed by atoms with Crippen molar-refractivity contribution in [1.29, 1.82) is 0 Å². The number of carbonyl (C=O) groups excluding carboxylic acids is 1. The SMILES string of the molecule is CCN(C)C(=O)C1CC(C)CCC1N. The summed E-state index contributed by atoms with van der Waals surface area (Å²) in [5, 5.41) is 0. The highest BCUT2D eigenvalue weighted by atomic mass is 16.2. The summed E-state index contributed by atoms with van der Waals surface area (Å²) >= 11 is 0. The van der Waals surface area contributed by atoms with Gasteiger partial charge in [-0.05, 0) is 32.1 Å². The molecule has 1 amide bonds. The highest BCUT2D eigenvalue weighted by Crippen LogP contribution is 2.28. The summed E-state index contributed by atoms with van der Waals surface area (Å²) in [6.45, 7) is 4.98. The first-order chi connectivity index (χ1) is 6.56. The summed E-state index contributed by atoms with van der Waals surface area (Å²) in [4.78, 5) is 13.7. The molecule has 0 saturated heterocycles. The molecule has 1 fully saturated rings. The van der Waals surface area contributed by atoms with Crippen LogP contribution in [0.4, 0.5) is 0 Å². The first kappa shape index (κ1) is 11.5. The summed E-state index contributed by atoms with van der Waals surface area (Å²) < 4.78 is 0. The average Bonchev–Trinajstić information content (AvgIpc) is 2.19. The van der Waals surface area contributed by atoms with Gasteiger partial charge in [0.15, 0.2) is 0 Å². The van der Waals surface area contributed by atoms with Crippen molar-refractivity contribution in [2.45, 2.75) is 39.2 Å². The van der Waals surface area contributed by atoms with Gasteiger partial charge in [0, 0.05) is 19.6 Å². The smallest absolute Gasteiger partial charge is 0.226 e. The first-order valence-corrected chi connectivity index (χ1v) is 5.56. The Morgan fingerprint density at radius 1 is 1.50 bits per heavy atom. The van der Waals surface area contributed by atoms with E-state index >= 15 is 0 Å². The monoisotopic (exact) mass is 198 g/mol. The minimum Gasteiger partial charge on any atom is -0.346 e. The van der Waals surface area contributed by atoms with E-state index in [0.29, 0.717) is 5.92 Å². The van der Waals surface area contributed by atoms with E-state index in [2.05, 4.69) is 6.92 Å². The molecule has 3 heteroatoms. The van der Waals surface area contributed by atoms with Gasteiger partial charge in [0.05, 0.1) is 5.92 Å².